The summed E-state index contributed by atoms with van der Waals surface area (Å²) >= 11 is 0. The zero-order valence-electron chi connectivity index (χ0n) is 12.5. The van der Waals surface area contributed by atoms with E-state index >= 15 is 0 Å². The number of anilines is 1. The molecule has 0 fully saturated rings. The van der Waals surface area contributed by atoms with E-state index in [9.17, 15) is 9.90 Å². The Balaban J connectivity index is 2.07. The van der Waals surface area contributed by atoms with Crippen molar-refractivity contribution in [2.45, 2.75) is 32.2 Å². The largest absolute Gasteiger partial charge is 0.394 e. The summed E-state index contributed by atoms with van der Waals surface area (Å²) in [6.07, 6.45) is 1.63. The van der Waals surface area contributed by atoms with Crippen molar-refractivity contribution in [3.8, 4) is 0 Å². The second-order valence-corrected chi connectivity index (χ2v) is 5.61. The Morgan fingerprint density at radius 3 is 2.57 bits per heavy atom. The van der Waals surface area contributed by atoms with E-state index in [2.05, 4.69) is 10.6 Å². The van der Waals surface area contributed by atoms with Crippen molar-refractivity contribution >= 4 is 22.5 Å². The Kier molecular flexibility index (Phi) is 4.81. The van der Waals surface area contributed by atoms with E-state index < -0.39 is 5.54 Å². The molecule has 112 valence electrons. The van der Waals surface area contributed by atoms with Crippen molar-refractivity contribution in [3.63, 3.8) is 0 Å². The zero-order chi connectivity index (χ0) is 15.3. The van der Waals surface area contributed by atoms with E-state index in [4.69, 9.17) is 0 Å². The number of aliphatic hydroxyl groups is 1. The molecule has 2 amide bonds. The maximum Gasteiger partial charge on any atom is 0.319 e. The van der Waals surface area contributed by atoms with Gasteiger partial charge in [-0.15, -0.1) is 0 Å². The van der Waals surface area contributed by atoms with E-state index in [1.54, 1.807) is 0 Å². The number of nitrogens with one attached hydrogen (secondary N) is 2. The van der Waals surface area contributed by atoms with Crippen LogP contribution in [0.2, 0.25) is 0 Å². The molecule has 0 radical (unpaired) electrons. The molecule has 21 heavy (non-hydrogen) atoms. The third-order valence-electron chi connectivity index (χ3n) is 3.57. The first-order valence-electron chi connectivity index (χ1n) is 7.25. The van der Waals surface area contributed by atoms with Crippen molar-refractivity contribution in [1.82, 2.24) is 5.32 Å². The monoisotopic (exact) mass is 286 g/mol. The van der Waals surface area contributed by atoms with Crippen LogP contribution in [0, 0.1) is 0 Å². The Labute approximate surface area is 125 Å². The van der Waals surface area contributed by atoms with E-state index in [-0.39, 0.29) is 12.6 Å². The van der Waals surface area contributed by atoms with Crippen LogP contribution in [0.25, 0.3) is 10.8 Å². The van der Waals surface area contributed by atoms with Crippen LogP contribution in [0.1, 0.15) is 26.7 Å². The first-order valence-corrected chi connectivity index (χ1v) is 7.25. The molecular formula is C17H22N2O2. The van der Waals surface area contributed by atoms with Gasteiger partial charge in [0, 0.05) is 5.69 Å². The van der Waals surface area contributed by atoms with Gasteiger partial charge >= 0.3 is 6.03 Å². The summed E-state index contributed by atoms with van der Waals surface area (Å²) in [5.74, 6) is 0. The molecule has 0 aliphatic heterocycles. The fourth-order valence-corrected chi connectivity index (χ4v) is 2.44. The maximum absolute atomic E-state index is 12.1. The molecule has 1 unspecified atom stereocenters. The summed E-state index contributed by atoms with van der Waals surface area (Å²) in [5, 5.41) is 17.3. The van der Waals surface area contributed by atoms with Gasteiger partial charge in [0.15, 0.2) is 0 Å². The third kappa shape index (κ3) is 3.95. The second kappa shape index (κ2) is 6.59. The lowest BCUT2D eigenvalue weighted by Crippen LogP contribution is -2.50. The molecule has 0 spiro atoms. The van der Waals surface area contributed by atoms with Crippen LogP contribution in [0.4, 0.5) is 10.5 Å². The molecule has 0 heterocycles. The molecule has 4 heteroatoms. The highest BCUT2D eigenvalue weighted by Gasteiger charge is 2.24. The summed E-state index contributed by atoms with van der Waals surface area (Å²) in [7, 11) is 0. The van der Waals surface area contributed by atoms with Crippen LogP contribution in [0.15, 0.2) is 42.5 Å². The maximum atomic E-state index is 12.1. The lowest BCUT2D eigenvalue weighted by Gasteiger charge is -2.28. The fourth-order valence-electron chi connectivity index (χ4n) is 2.44. The summed E-state index contributed by atoms with van der Waals surface area (Å²) in [6.45, 7) is 3.79. The lowest BCUT2D eigenvalue weighted by molar-refractivity contribution is 0.167. The normalized spacial score (nSPS) is 13.7. The molecule has 2 aromatic rings. The van der Waals surface area contributed by atoms with E-state index in [0.717, 1.165) is 29.3 Å². The van der Waals surface area contributed by atoms with Crippen molar-refractivity contribution < 1.29 is 9.90 Å². The number of carbonyl (C=O) groups excluding carboxylic acids is 1. The highest BCUT2D eigenvalue weighted by atomic mass is 16.3. The van der Waals surface area contributed by atoms with Crippen molar-refractivity contribution in [2.24, 2.45) is 0 Å². The first kappa shape index (κ1) is 15.3. The van der Waals surface area contributed by atoms with Gasteiger partial charge in [-0.25, -0.2) is 4.79 Å². The van der Waals surface area contributed by atoms with Gasteiger partial charge in [0.1, 0.15) is 0 Å². The Bertz CT molecular complexity index is 627. The molecule has 3 N–H and O–H groups in total. The van der Waals surface area contributed by atoms with Crippen LogP contribution >= 0.6 is 0 Å². The third-order valence-corrected chi connectivity index (χ3v) is 3.57. The van der Waals surface area contributed by atoms with Crippen LogP contribution in [-0.2, 0) is 0 Å². The van der Waals surface area contributed by atoms with E-state index in [1.807, 2.05) is 56.3 Å². The lowest BCUT2D eigenvalue weighted by atomic mass is 9.98. The number of carbonyl (C=O) groups is 1. The molecule has 4 nitrogen and oxygen atoms in total. The summed E-state index contributed by atoms with van der Waals surface area (Å²) < 4.78 is 0. The molecular weight excluding hydrogens is 264 g/mol. The minimum Gasteiger partial charge on any atom is -0.394 e. The Morgan fingerprint density at radius 1 is 1.19 bits per heavy atom. The minimum atomic E-state index is -0.588. The summed E-state index contributed by atoms with van der Waals surface area (Å²) in [4.78, 5) is 12.1. The topological polar surface area (TPSA) is 61.4 Å². The molecule has 1 atom stereocenters. The van der Waals surface area contributed by atoms with Crippen LogP contribution < -0.4 is 10.6 Å². The average Bonchev–Trinajstić information content (AvgIpc) is 2.47. The number of aliphatic hydroxyl groups excluding tert-OH is 1. The van der Waals surface area contributed by atoms with E-state index in [1.165, 1.54) is 0 Å². The molecule has 0 aromatic heterocycles. The molecule has 0 aliphatic carbocycles. The second-order valence-electron chi connectivity index (χ2n) is 5.61. The highest BCUT2D eigenvalue weighted by Crippen LogP contribution is 2.19. The van der Waals surface area contributed by atoms with Gasteiger partial charge in [-0.05, 0) is 36.2 Å². The van der Waals surface area contributed by atoms with Gasteiger partial charge in [-0.3, -0.25) is 0 Å². The standard InChI is InChI=1S/C17H22N2O2/c1-3-10-17(2,12-20)19-16(21)18-15-9-8-13-6-4-5-7-14(13)11-15/h4-9,11,20H,3,10,12H2,1-2H3,(H2,18,19,21). The quantitative estimate of drug-likeness (QED) is 0.787. The van der Waals surface area contributed by atoms with E-state index in [0.29, 0.717) is 0 Å². The predicted octanol–water partition coefficient (Wildman–Crippen LogP) is 3.51. The van der Waals surface area contributed by atoms with Gasteiger partial charge in [0.05, 0.1) is 12.1 Å². The SMILES string of the molecule is CCCC(C)(CO)NC(=O)Nc1ccc2ccccc2c1. The van der Waals surface area contributed by atoms with Crippen molar-refractivity contribution in [3.05, 3.63) is 42.5 Å². The van der Waals surface area contributed by atoms with Crippen LogP contribution in [0.3, 0.4) is 0 Å². The Hall–Kier alpha value is -2.07. The summed E-state index contributed by atoms with van der Waals surface area (Å²) in [6, 6.07) is 13.5. The van der Waals surface area contributed by atoms with Crippen LogP contribution in [0.5, 0.6) is 0 Å². The number of amides is 2. The minimum absolute atomic E-state index is 0.0774. The molecule has 0 saturated heterocycles. The molecule has 2 rings (SSSR count). The Morgan fingerprint density at radius 2 is 1.90 bits per heavy atom. The van der Waals surface area contributed by atoms with Crippen LogP contribution in [-0.4, -0.2) is 23.3 Å². The summed E-state index contributed by atoms with van der Waals surface area (Å²) in [5.41, 5.74) is 0.151. The van der Waals surface area contributed by atoms with Gasteiger partial charge in [0.2, 0.25) is 0 Å². The molecule has 2 aromatic carbocycles. The fraction of sp³-hybridized carbons (Fsp3) is 0.353. The number of benzene rings is 2. The number of hydrogen-bond donors (Lipinski definition) is 3. The molecule has 0 aliphatic rings. The number of hydrogen-bond acceptors (Lipinski definition) is 2. The van der Waals surface area contributed by atoms with Gasteiger partial charge in [-0.1, -0.05) is 43.7 Å². The van der Waals surface area contributed by atoms with Gasteiger partial charge in [-0.2, -0.15) is 0 Å². The molecule has 0 bridgehead atoms. The highest BCUT2D eigenvalue weighted by molar-refractivity contribution is 5.93. The van der Waals surface area contributed by atoms with Crippen molar-refractivity contribution in [1.29, 1.82) is 0 Å². The predicted molar refractivity (Wildman–Crippen MR) is 86.5 cm³/mol. The molecule has 0 saturated carbocycles. The first-order chi connectivity index (χ1) is 10.1. The number of fused-ring (bicyclic) bond motifs is 1. The van der Waals surface area contributed by atoms with Crippen molar-refractivity contribution in [2.75, 3.05) is 11.9 Å². The van der Waals surface area contributed by atoms with Gasteiger partial charge < -0.3 is 15.7 Å². The number of rotatable bonds is 5. The number of urea groups is 1. The smallest absolute Gasteiger partial charge is 0.319 e. The van der Waals surface area contributed by atoms with Gasteiger partial charge in [0.25, 0.3) is 0 Å². The average molecular weight is 286 g/mol. The zero-order valence-corrected chi connectivity index (χ0v) is 12.5.